The molecule has 4 heteroatoms. The van der Waals surface area contributed by atoms with E-state index in [9.17, 15) is 9.50 Å². The van der Waals surface area contributed by atoms with Gasteiger partial charge in [-0.15, -0.1) is 0 Å². The molecule has 100 valence electrons. The molecule has 1 aromatic rings. The first kappa shape index (κ1) is 13.3. The van der Waals surface area contributed by atoms with Gasteiger partial charge in [0.15, 0.2) is 0 Å². The van der Waals surface area contributed by atoms with Crippen LogP contribution in [-0.2, 0) is 6.54 Å². The van der Waals surface area contributed by atoms with Crippen LogP contribution in [0.3, 0.4) is 0 Å². The first-order chi connectivity index (χ1) is 8.65. The second-order valence-corrected chi connectivity index (χ2v) is 4.94. The number of ether oxygens (including phenoxy) is 1. The number of benzene rings is 1. The van der Waals surface area contributed by atoms with Crippen LogP contribution >= 0.6 is 0 Å². The average Bonchev–Trinajstić information content (AvgIpc) is 2.70. The van der Waals surface area contributed by atoms with Crippen molar-refractivity contribution in [1.82, 2.24) is 4.90 Å². The fraction of sp³-hybridized carbons (Fsp3) is 0.571. The third kappa shape index (κ3) is 2.65. The Labute approximate surface area is 107 Å². The van der Waals surface area contributed by atoms with Crippen molar-refractivity contribution in [3.8, 4) is 5.75 Å². The van der Waals surface area contributed by atoms with E-state index >= 15 is 0 Å². The molecule has 1 saturated heterocycles. The molecular weight excluding hydrogens is 233 g/mol. The summed E-state index contributed by atoms with van der Waals surface area (Å²) in [6, 6.07) is 4.73. The first-order valence-electron chi connectivity index (χ1n) is 6.33. The van der Waals surface area contributed by atoms with Gasteiger partial charge in [-0.3, -0.25) is 4.90 Å². The maximum absolute atomic E-state index is 13.3. The quantitative estimate of drug-likeness (QED) is 0.891. The molecule has 1 aliphatic rings. The molecule has 1 fully saturated rings. The number of hydrogen-bond acceptors (Lipinski definition) is 3. The van der Waals surface area contributed by atoms with Gasteiger partial charge < -0.3 is 9.84 Å². The third-order valence-electron chi connectivity index (χ3n) is 3.80. The molecule has 2 rings (SSSR count). The number of aliphatic hydroxyl groups excluding tert-OH is 1. The summed E-state index contributed by atoms with van der Waals surface area (Å²) in [4.78, 5) is 2.20. The van der Waals surface area contributed by atoms with Crippen LogP contribution < -0.4 is 4.74 Å². The molecule has 3 nitrogen and oxygen atoms in total. The smallest absolute Gasteiger partial charge is 0.123 e. The van der Waals surface area contributed by atoms with Crippen LogP contribution in [0.4, 0.5) is 4.39 Å². The van der Waals surface area contributed by atoms with E-state index in [4.69, 9.17) is 4.74 Å². The topological polar surface area (TPSA) is 32.7 Å². The fourth-order valence-electron chi connectivity index (χ4n) is 2.67. The maximum Gasteiger partial charge on any atom is 0.123 e. The van der Waals surface area contributed by atoms with Gasteiger partial charge in [0.1, 0.15) is 11.6 Å². The Bertz CT molecular complexity index is 411. The summed E-state index contributed by atoms with van der Waals surface area (Å²) in [7, 11) is 1.59. The van der Waals surface area contributed by atoms with Gasteiger partial charge in [0.25, 0.3) is 0 Å². The van der Waals surface area contributed by atoms with Gasteiger partial charge in [-0.1, -0.05) is 6.92 Å². The lowest BCUT2D eigenvalue weighted by Crippen LogP contribution is -2.34. The normalized spacial score (nSPS) is 24.4. The number of halogens is 1. The maximum atomic E-state index is 13.3. The molecule has 18 heavy (non-hydrogen) atoms. The second-order valence-electron chi connectivity index (χ2n) is 4.94. The molecule has 2 atom stereocenters. The number of nitrogens with zero attached hydrogens (tertiary/aromatic N) is 1. The summed E-state index contributed by atoms with van der Waals surface area (Å²) in [5.74, 6) is 0.931. The fourth-order valence-corrected chi connectivity index (χ4v) is 2.67. The molecule has 0 amide bonds. The molecule has 0 saturated carbocycles. The summed E-state index contributed by atoms with van der Waals surface area (Å²) in [5.41, 5.74) is 0.838. The van der Waals surface area contributed by atoms with Crippen molar-refractivity contribution >= 4 is 0 Å². The SMILES string of the molecule is COc1ccc(F)cc1CN1CCC(C)C1CO. The van der Waals surface area contributed by atoms with Crippen LogP contribution in [-0.4, -0.2) is 36.3 Å². The van der Waals surface area contributed by atoms with Crippen LogP contribution in [0.5, 0.6) is 5.75 Å². The molecule has 0 radical (unpaired) electrons. The molecule has 0 aromatic heterocycles. The van der Waals surface area contributed by atoms with Gasteiger partial charge in [-0.25, -0.2) is 4.39 Å². The van der Waals surface area contributed by atoms with E-state index in [2.05, 4.69) is 11.8 Å². The van der Waals surface area contributed by atoms with Crippen molar-refractivity contribution in [2.24, 2.45) is 5.92 Å². The zero-order valence-electron chi connectivity index (χ0n) is 10.9. The summed E-state index contributed by atoms with van der Waals surface area (Å²) >= 11 is 0. The van der Waals surface area contributed by atoms with Crippen molar-refractivity contribution in [2.45, 2.75) is 25.9 Å². The molecule has 1 aromatic carbocycles. The van der Waals surface area contributed by atoms with Gasteiger partial charge in [0.05, 0.1) is 13.7 Å². The van der Waals surface area contributed by atoms with Crippen LogP contribution in [0, 0.1) is 11.7 Å². The van der Waals surface area contributed by atoms with E-state index in [0.29, 0.717) is 18.2 Å². The Kier molecular flexibility index (Phi) is 4.19. The number of hydrogen-bond donors (Lipinski definition) is 1. The van der Waals surface area contributed by atoms with Crippen LogP contribution in [0.15, 0.2) is 18.2 Å². The van der Waals surface area contributed by atoms with Gasteiger partial charge >= 0.3 is 0 Å². The molecule has 1 aliphatic heterocycles. The lowest BCUT2D eigenvalue weighted by Gasteiger charge is -2.25. The average molecular weight is 253 g/mol. The summed E-state index contributed by atoms with van der Waals surface area (Å²) in [6.07, 6.45) is 1.07. The van der Waals surface area contributed by atoms with Crippen molar-refractivity contribution in [1.29, 1.82) is 0 Å². The molecular formula is C14H20FNO2. The predicted molar refractivity (Wildman–Crippen MR) is 68.0 cm³/mol. The van der Waals surface area contributed by atoms with E-state index in [0.717, 1.165) is 18.5 Å². The number of likely N-dealkylation sites (tertiary alicyclic amines) is 1. The van der Waals surface area contributed by atoms with Crippen LogP contribution in [0.2, 0.25) is 0 Å². The highest BCUT2D eigenvalue weighted by molar-refractivity contribution is 5.34. The third-order valence-corrected chi connectivity index (χ3v) is 3.80. The minimum Gasteiger partial charge on any atom is -0.496 e. The molecule has 0 bridgehead atoms. The predicted octanol–water partition coefficient (Wildman–Crippen LogP) is 2.04. The van der Waals surface area contributed by atoms with Crippen molar-refractivity contribution < 1.29 is 14.2 Å². The van der Waals surface area contributed by atoms with Gasteiger partial charge in [-0.2, -0.15) is 0 Å². The molecule has 0 aliphatic carbocycles. The van der Waals surface area contributed by atoms with Crippen LogP contribution in [0.25, 0.3) is 0 Å². The Morgan fingerprint density at radius 3 is 2.94 bits per heavy atom. The Balaban J connectivity index is 2.16. The Hall–Kier alpha value is -1.13. The summed E-state index contributed by atoms with van der Waals surface area (Å²) in [5, 5.41) is 9.42. The molecule has 2 unspecified atom stereocenters. The first-order valence-corrected chi connectivity index (χ1v) is 6.33. The Morgan fingerprint density at radius 1 is 1.50 bits per heavy atom. The highest BCUT2D eigenvalue weighted by Gasteiger charge is 2.30. The number of aliphatic hydroxyl groups is 1. The zero-order valence-corrected chi connectivity index (χ0v) is 10.9. The highest BCUT2D eigenvalue weighted by atomic mass is 19.1. The van der Waals surface area contributed by atoms with Crippen molar-refractivity contribution in [3.05, 3.63) is 29.6 Å². The minimum atomic E-state index is -0.251. The van der Waals surface area contributed by atoms with E-state index in [-0.39, 0.29) is 18.5 Å². The van der Waals surface area contributed by atoms with Crippen molar-refractivity contribution in [3.63, 3.8) is 0 Å². The van der Waals surface area contributed by atoms with E-state index in [1.54, 1.807) is 13.2 Å². The Morgan fingerprint density at radius 2 is 2.28 bits per heavy atom. The van der Waals surface area contributed by atoms with Crippen molar-refractivity contribution in [2.75, 3.05) is 20.3 Å². The van der Waals surface area contributed by atoms with E-state index < -0.39 is 0 Å². The van der Waals surface area contributed by atoms with Gasteiger partial charge in [-0.05, 0) is 37.1 Å². The van der Waals surface area contributed by atoms with E-state index in [1.807, 2.05) is 0 Å². The van der Waals surface area contributed by atoms with Crippen LogP contribution in [0.1, 0.15) is 18.9 Å². The summed E-state index contributed by atoms with van der Waals surface area (Å²) < 4.78 is 18.5. The largest absolute Gasteiger partial charge is 0.496 e. The number of methoxy groups -OCH3 is 1. The zero-order chi connectivity index (χ0) is 13.1. The molecule has 1 N–H and O–H groups in total. The lowest BCUT2D eigenvalue weighted by molar-refractivity contribution is 0.133. The van der Waals surface area contributed by atoms with Gasteiger partial charge in [0.2, 0.25) is 0 Å². The molecule has 1 heterocycles. The highest BCUT2D eigenvalue weighted by Crippen LogP contribution is 2.28. The van der Waals surface area contributed by atoms with E-state index in [1.165, 1.54) is 12.1 Å². The molecule has 0 spiro atoms. The lowest BCUT2D eigenvalue weighted by atomic mass is 10.0. The number of rotatable bonds is 4. The monoisotopic (exact) mass is 253 g/mol. The standard InChI is InChI=1S/C14H20FNO2/c1-10-5-6-16(13(10)9-17)8-11-7-12(15)3-4-14(11)18-2/h3-4,7,10,13,17H,5-6,8-9H2,1-2H3. The van der Waals surface area contributed by atoms with Gasteiger partial charge in [0, 0.05) is 18.2 Å². The second kappa shape index (κ2) is 5.67. The summed E-state index contributed by atoms with van der Waals surface area (Å²) in [6.45, 7) is 3.85. The minimum absolute atomic E-state index is 0.152.